The lowest BCUT2D eigenvalue weighted by Crippen LogP contribution is -2.34. The van der Waals surface area contributed by atoms with Crippen molar-refractivity contribution < 1.29 is 4.52 Å². The average molecular weight is 415 g/mol. The standard InChI is InChI=1S/C19H18N6OS.ClH/c20-19(8-4-5-9-19)18-23-16(26-24-18)15-12-27-17(22-15)13-10-21-25(11-13)14-6-2-1-3-7-14;/h1-3,6-7,10-12H,4-5,8-9,20H2;1H. The molecule has 0 aliphatic heterocycles. The fourth-order valence-corrected chi connectivity index (χ4v) is 4.19. The van der Waals surface area contributed by atoms with Gasteiger partial charge in [-0.05, 0) is 25.0 Å². The summed E-state index contributed by atoms with van der Waals surface area (Å²) in [4.78, 5) is 9.16. The number of nitrogens with two attached hydrogens (primary N) is 1. The molecule has 0 atom stereocenters. The van der Waals surface area contributed by atoms with E-state index in [1.165, 1.54) is 11.3 Å². The molecular formula is C19H19ClN6OS. The molecule has 0 amide bonds. The second kappa shape index (κ2) is 7.46. The van der Waals surface area contributed by atoms with Gasteiger partial charge >= 0.3 is 0 Å². The zero-order chi connectivity index (χ0) is 18.3. The second-order valence-electron chi connectivity index (χ2n) is 6.83. The van der Waals surface area contributed by atoms with Gasteiger partial charge in [0.2, 0.25) is 0 Å². The predicted octanol–water partition coefficient (Wildman–Crippen LogP) is 4.20. The van der Waals surface area contributed by atoms with Gasteiger partial charge in [0, 0.05) is 17.1 Å². The molecule has 0 saturated heterocycles. The van der Waals surface area contributed by atoms with Crippen LogP contribution in [0.25, 0.3) is 27.8 Å². The lowest BCUT2D eigenvalue weighted by molar-refractivity contribution is 0.372. The molecule has 1 saturated carbocycles. The van der Waals surface area contributed by atoms with Crippen LogP contribution in [0.1, 0.15) is 31.5 Å². The van der Waals surface area contributed by atoms with E-state index in [1.807, 2.05) is 52.8 Å². The fraction of sp³-hybridized carbons (Fsp3) is 0.263. The van der Waals surface area contributed by atoms with Gasteiger partial charge in [-0.1, -0.05) is 36.2 Å². The summed E-state index contributed by atoms with van der Waals surface area (Å²) in [5, 5.41) is 11.3. The van der Waals surface area contributed by atoms with Gasteiger partial charge in [-0.2, -0.15) is 10.1 Å². The molecule has 7 nitrogen and oxygen atoms in total. The molecule has 3 aromatic heterocycles. The minimum absolute atomic E-state index is 0. The van der Waals surface area contributed by atoms with Crippen molar-refractivity contribution >= 4 is 23.7 Å². The molecule has 144 valence electrons. The van der Waals surface area contributed by atoms with Crippen molar-refractivity contribution in [3.05, 3.63) is 53.9 Å². The summed E-state index contributed by atoms with van der Waals surface area (Å²) < 4.78 is 7.27. The molecule has 0 unspecified atom stereocenters. The Labute approximate surface area is 172 Å². The van der Waals surface area contributed by atoms with Crippen LogP contribution in [-0.4, -0.2) is 24.9 Å². The van der Waals surface area contributed by atoms with Crippen LogP contribution in [0.5, 0.6) is 0 Å². The van der Waals surface area contributed by atoms with Crippen molar-refractivity contribution in [1.29, 1.82) is 0 Å². The third kappa shape index (κ3) is 3.34. The molecule has 0 spiro atoms. The first-order valence-corrected chi connectivity index (χ1v) is 9.79. The number of para-hydroxylation sites is 1. The third-order valence-corrected chi connectivity index (χ3v) is 5.83. The quantitative estimate of drug-likeness (QED) is 0.537. The summed E-state index contributed by atoms with van der Waals surface area (Å²) in [6.07, 6.45) is 7.77. The molecule has 3 heterocycles. The van der Waals surface area contributed by atoms with Gasteiger partial charge in [0.05, 0.1) is 17.4 Å². The average Bonchev–Trinajstić information content (AvgIpc) is 3.47. The highest BCUT2D eigenvalue weighted by molar-refractivity contribution is 7.13. The van der Waals surface area contributed by atoms with Crippen LogP contribution >= 0.6 is 23.7 Å². The summed E-state index contributed by atoms with van der Waals surface area (Å²) in [5.41, 5.74) is 8.57. The molecule has 5 rings (SSSR count). The monoisotopic (exact) mass is 414 g/mol. The van der Waals surface area contributed by atoms with Crippen LogP contribution in [0, 0.1) is 0 Å². The Morgan fingerprint density at radius 1 is 1.11 bits per heavy atom. The van der Waals surface area contributed by atoms with Crippen LogP contribution in [-0.2, 0) is 5.54 Å². The summed E-state index contributed by atoms with van der Waals surface area (Å²) in [7, 11) is 0. The largest absolute Gasteiger partial charge is 0.332 e. The molecular weight excluding hydrogens is 396 g/mol. The molecule has 1 aromatic carbocycles. The van der Waals surface area contributed by atoms with Gasteiger partial charge in [-0.3, -0.25) is 0 Å². The Balaban J connectivity index is 0.00000192. The van der Waals surface area contributed by atoms with Gasteiger partial charge in [0.15, 0.2) is 5.82 Å². The Morgan fingerprint density at radius 3 is 2.68 bits per heavy atom. The topological polar surface area (TPSA) is 95.7 Å². The Hall–Kier alpha value is -2.55. The van der Waals surface area contributed by atoms with Crippen LogP contribution < -0.4 is 5.73 Å². The van der Waals surface area contributed by atoms with Crippen molar-refractivity contribution in [3.63, 3.8) is 0 Å². The molecule has 2 N–H and O–H groups in total. The smallest absolute Gasteiger partial charge is 0.277 e. The molecule has 4 aromatic rings. The highest BCUT2D eigenvalue weighted by Crippen LogP contribution is 2.36. The summed E-state index contributed by atoms with van der Waals surface area (Å²) in [5.74, 6) is 1.00. The van der Waals surface area contributed by atoms with Gasteiger partial charge in [0.1, 0.15) is 10.7 Å². The number of hydrogen-bond donors (Lipinski definition) is 1. The van der Waals surface area contributed by atoms with E-state index in [2.05, 4.69) is 20.2 Å². The molecule has 1 aliphatic carbocycles. The maximum Gasteiger partial charge on any atom is 0.277 e. The Morgan fingerprint density at radius 2 is 1.89 bits per heavy atom. The molecule has 9 heteroatoms. The van der Waals surface area contributed by atoms with Crippen LogP contribution in [0.3, 0.4) is 0 Å². The van der Waals surface area contributed by atoms with E-state index in [1.54, 1.807) is 0 Å². The SMILES string of the molecule is Cl.NC1(c2noc(-c3csc(-c4cnn(-c5ccccc5)c4)n3)n2)CCCC1. The highest BCUT2D eigenvalue weighted by Gasteiger charge is 2.36. The predicted molar refractivity (Wildman–Crippen MR) is 110 cm³/mol. The molecule has 28 heavy (non-hydrogen) atoms. The first-order valence-electron chi connectivity index (χ1n) is 8.91. The first kappa shape index (κ1) is 18.8. The maximum atomic E-state index is 6.41. The molecule has 1 fully saturated rings. The summed E-state index contributed by atoms with van der Waals surface area (Å²) in [6, 6.07) is 9.97. The zero-order valence-electron chi connectivity index (χ0n) is 15.0. The summed E-state index contributed by atoms with van der Waals surface area (Å²) in [6.45, 7) is 0. The van der Waals surface area contributed by atoms with E-state index >= 15 is 0 Å². The second-order valence-corrected chi connectivity index (χ2v) is 7.69. The van der Waals surface area contributed by atoms with Crippen molar-refractivity contribution in [2.45, 2.75) is 31.2 Å². The number of aromatic nitrogens is 5. The number of thiazole rings is 1. The normalized spacial score (nSPS) is 15.5. The van der Waals surface area contributed by atoms with E-state index in [4.69, 9.17) is 10.3 Å². The van der Waals surface area contributed by atoms with Gasteiger partial charge in [-0.25, -0.2) is 9.67 Å². The fourth-order valence-electron chi connectivity index (χ4n) is 3.42. The van der Waals surface area contributed by atoms with E-state index in [0.717, 1.165) is 41.9 Å². The van der Waals surface area contributed by atoms with Gasteiger partial charge in [-0.15, -0.1) is 23.7 Å². The maximum absolute atomic E-state index is 6.41. The van der Waals surface area contributed by atoms with Gasteiger partial charge in [0.25, 0.3) is 5.89 Å². The number of benzene rings is 1. The van der Waals surface area contributed by atoms with Crippen LogP contribution in [0.4, 0.5) is 0 Å². The van der Waals surface area contributed by atoms with E-state index < -0.39 is 5.54 Å². The minimum atomic E-state index is -0.461. The first-order chi connectivity index (χ1) is 13.2. The van der Waals surface area contributed by atoms with Crippen LogP contribution in [0.2, 0.25) is 0 Å². The third-order valence-electron chi connectivity index (χ3n) is 4.94. The number of halogens is 1. The minimum Gasteiger partial charge on any atom is -0.332 e. The van der Waals surface area contributed by atoms with Crippen molar-refractivity contribution in [2.24, 2.45) is 5.73 Å². The molecule has 0 bridgehead atoms. The number of hydrogen-bond acceptors (Lipinski definition) is 7. The lowest BCUT2D eigenvalue weighted by atomic mass is 9.99. The van der Waals surface area contributed by atoms with E-state index in [9.17, 15) is 0 Å². The molecule has 0 radical (unpaired) electrons. The Kier molecular flexibility index (Phi) is 5.01. The number of rotatable bonds is 4. The highest BCUT2D eigenvalue weighted by atomic mass is 35.5. The number of nitrogens with zero attached hydrogens (tertiary/aromatic N) is 5. The van der Waals surface area contributed by atoms with Crippen molar-refractivity contribution in [2.75, 3.05) is 0 Å². The van der Waals surface area contributed by atoms with E-state index in [-0.39, 0.29) is 12.4 Å². The van der Waals surface area contributed by atoms with Crippen molar-refractivity contribution in [3.8, 4) is 27.8 Å². The van der Waals surface area contributed by atoms with Gasteiger partial charge < -0.3 is 10.3 Å². The zero-order valence-corrected chi connectivity index (χ0v) is 16.6. The summed E-state index contributed by atoms with van der Waals surface area (Å²) >= 11 is 1.52. The van der Waals surface area contributed by atoms with E-state index in [0.29, 0.717) is 17.4 Å². The lowest BCUT2D eigenvalue weighted by Gasteiger charge is -2.17. The molecule has 1 aliphatic rings. The Bertz CT molecular complexity index is 1070. The van der Waals surface area contributed by atoms with Crippen LogP contribution in [0.15, 0.2) is 52.6 Å². The van der Waals surface area contributed by atoms with Crippen molar-refractivity contribution in [1.82, 2.24) is 24.9 Å².